The average molecular weight is 478 g/mol. The van der Waals surface area contributed by atoms with Gasteiger partial charge in [-0.05, 0) is 0 Å². The molecule has 148 valence electrons. The number of aliphatic imine (C=N–C) groups is 1. The van der Waals surface area contributed by atoms with Gasteiger partial charge in [0.05, 0.1) is 0 Å². The number of isocyanates is 1. The number of hydrogen-bond acceptors (Lipinski definition) is 4. The topological polar surface area (TPSA) is 47.9 Å². The zero-order valence-electron chi connectivity index (χ0n) is 17.1. The maximum absolute atomic E-state index is 11.3. The zero-order valence-corrected chi connectivity index (χ0v) is 19.9. The molecule has 0 amide bonds. The first-order valence-corrected chi connectivity index (χ1v) is 17.9. The molecule has 1 aliphatic rings. The zero-order chi connectivity index (χ0) is 19.5. The van der Waals surface area contributed by atoms with Crippen LogP contribution in [0.2, 0.25) is 13.3 Å². The van der Waals surface area contributed by atoms with Crippen LogP contribution in [0.4, 0.5) is 0 Å². The molecule has 5 heteroatoms. The van der Waals surface area contributed by atoms with E-state index in [1.54, 1.807) is 0 Å². The third-order valence-corrected chi connectivity index (χ3v) is 20.5. The van der Waals surface area contributed by atoms with E-state index in [-0.39, 0.29) is 6.79 Å². The molecule has 1 heterocycles. The molecule has 0 aliphatic carbocycles. The normalized spacial score (nSPS) is 13.5. The molecular formula is C22H33NO3Sn. The summed E-state index contributed by atoms with van der Waals surface area (Å²) in [4.78, 5) is 15.6. The van der Waals surface area contributed by atoms with Crippen LogP contribution in [-0.2, 0) is 4.79 Å². The fourth-order valence-electron chi connectivity index (χ4n) is 3.82. The van der Waals surface area contributed by atoms with Crippen molar-refractivity contribution in [2.24, 2.45) is 4.99 Å². The van der Waals surface area contributed by atoms with Crippen LogP contribution in [-0.4, -0.2) is 31.2 Å². The molecule has 0 aromatic heterocycles. The van der Waals surface area contributed by atoms with Gasteiger partial charge >= 0.3 is 168 Å². The van der Waals surface area contributed by atoms with Crippen molar-refractivity contribution in [2.45, 2.75) is 72.6 Å². The Balaban J connectivity index is 2.44. The van der Waals surface area contributed by atoms with E-state index in [2.05, 4.69) is 31.8 Å². The summed E-state index contributed by atoms with van der Waals surface area (Å²) in [5, 5.41) is 0. The molecule has 1 aromatic rings. The number of unbranched alkanes of at least 4 members (excludes halogenated alkanes) is 3. The molecule has 4 nitrogen and oxygen atoms in total. The first kappa shape index (κ1) is 22.0. The van der Waals surface area contributed by atoms with Gasteiger partial charge in [0.15, 0.2) is 0 Å². The summed E-state index contributed by atoms with van der Waals surface area (Å²) in [5.74, 6) is 1.56. The monoisotopic (exact) mass is 479 g/mol. The molecule has 0 atom stereocenters. The number of nitrogens with zero attached hydrogens (tertiary/aromatic N) is 1. The summed E-state index contributed by atoms with van der Waals surface area (Å²) < 4.78 is 15.8. The molecule has 1 aromatic carbocycles. The van der Waals surface area contributed by atoms with E-state index in [1.807, 2.05) is 24.3 Å². The molecule has 0 saturated carbocycles. The maximum atomic E-state index is 11.3. The van der Waals surface area contributed by atoms with Gasteiger partial charge in [0.25, 0.3) is 0 Å². The van der Waals surface area contributed by atoms with Crippen molar-refractivity contribution in [3.8, 4) is 11.5 Å². The molecule has 0 bridgehead atoms. The Morgan fingerprint density at radius 2 is 1.63 bits per heavy atom. The Bertz CT molecular complexity index is 658. The van der Waals surface area contributed by atoms with Gasteiger partial charge in [0.1, 0.15) is 0 Å². The van der Waals surface area contributed by atoms with Gasteiger partial charge in [0, 0.05) is 0 Å². The number of carbonyl (C=O) groups excluding carboxylic acids is 1. The quantitative estimate of drug-likeness (QED) is 0.196. The number of ether oxygens (including phenoxy) is 2. The van der Waals surface area contributed by atoms with Crippen molar-refractivity contribution >= 4 is 30.5 Å². The van der Waals surface area contributed by atoms with Crippen LogP contribution in [0, 0.1) is 0 Å². The minimum atomic E-state index is -2.78. The fourth-order valence-corrected chi connectivity index (χ4v) is 19.1. The number of fused-ring (bicyclic) bond motifs is 1. The van der Waals surface area contributed by atoms with Gasteiger partial charge in [0.2, 0.25) is 0 Å². The van der Waals surface area contributed by atoms with E-state index in [0.717, 1.165) is 20.8 Å². The standard InChI is InChI=1S/C10H6NO3.3C4H9.Sn/c12-6-11-4-3-8-1-2-9-10(5-8)14-7-13-9;3*1-3-4-2;/h1-3,5H,7H2;3*1,3-4H2,2H3;. The fraction of sp³-hybridized carbons (Fsp3) is 0.591. The molecule has 27 heavy (non-hydrogen) atoms. The van der Waals surface area contributed by atoms with Crippen molar-refractivity contribution in [3.05, 3.63) is 27.5 Å². The predicted octanol–water partition coefficient (Wildman–Crippen LogP) is 6.48. The van der Waals surface area contributed by atoms with Crippen LogP contribution in [0.1, 0.15) is 64.9 Å². The molecule has 0 spiro atoms. The average Bonchev–Trinajstić information content (AvgIpc) is 3.15. The van der Waals surface area contributed by atoms with Crippen LogP contribution in [0.25, 0.3) is 6.08 Å². The third-order valence-electron chi connectivity index (χ3n) is 5.44. The first-order chi connectivity index (χ1) is 13.2. The summed E-state index contributed by atoms with van der Waals surface area (Å²) in [6, 6.07) is 5.97. The molecule has 2 rings (SSSR count). The van der Waals surface area contributed by atoms with Gasteiger partial charge in [-0.1, -0.05) is 0 Å². The predicted molar refractivity (Wildman–Crippen MR) is 114 cm³/mol. The van der Waals surface area contributed by atoms with E-state index in [9.17, 15) is 4.79 Å². The van der Waals surface area contributed by atoms with Crippen molar-refractivity contribution in [1.29, 1.82) is 0 Å². The second kappa shape index (κ2) is 11.6. The van der Waals surface area contributed by atoms with Gasteiger partial charge in [-0.15, -0.1) is 0 Å². The Morgan fingerprint density at radius 1 is 1.04 bits per heavy atom. The van der Waals surface area contributed by atoms with Crippen molar-refractivity contribution in [1.82, 2.24) is 0 Å². The van der Waals surface area contributed by atoms with Crippen molar-refractivity contribution in [2.75, 3.05) is 6.79 Å². The third kappa shape index (κ3) is 6.11. The Morgan fingerprint density at radius 3 is 2.19 bits per heavy atom. The van der Waals surface area contributed by atoms with Crippen molar-refractivity contribution < 1.29 is 14.3 Å². The molecule has 0 saturated heterocycles. The van der Waals surface area contributed by atoms with E-state index >= 15 is 0 Å². The molecule has 0 N–H and O–H groups in total. The molecule has 1 aliphatic heterocycles. The van der Waals surface area contributed by atoms with Crippen molar-refractivity contribution in [3.63, 3.8) is 0 Å². The second-order valence-electron chi connectivity index (χ2n) is 7.44. The molecular weight excluding hydrogens is 445 g/mol. The van der Waals surface area contributed by atoms with Crippen LogP contribution >= 0.6 is 0 Å². The minimum absolute atomic E-state index is 0.272. The Labute approximate surface area is 167 Å². The number of benzene rings is 1. The van der Waals surface area contributed by atoms with Crippen LogP contribution < -0.4 is 9.47 Å². The van der Waals surface area contributed by atoms with E-state index < -0.39 is 18.4 Å². The SMILES string of the molecule is CCC[CH2][Sn]([CH2]CCC)([CH2]CCC)/[C](=C/c1ccc2c(c1)OCO2)N=C=O. The van der Waals surface area contributed by atoms with Crippen LogP contribution in [0.3, 0.4) is 0 Å². The van der Waals surface area contributed by atoms with Gasteiger partial charge in [-0.3, -0.25) is 0 Å². The summed E-state index contributed by atoms with van der Waals surface area (Å²) in [5.41, 5.74) is 1.04. The van der Waals surface area contributed by atoms with Gasteiger partial charge < -0.3 is 0 Å². The molecule has 0 fully saturated rings. The Hall–Kier alpha value is -1.26. The van der Waals surface area contributed by atoms with Gasteiger partial charge in [-0.25, -0.2) is 0 Å². The molecule has 0 radical (unpaired) electrons. The first-order valence-electron chi connectivity index (χ1n) is 10.4. The number of rotatable bonds is 12. The van der Waals surface area contributed by atoms with E-state index in [4.69, 9.17) is 9.47 Å². The van der Waals surface area contributed by atoms with Crippen LogP contribution in [0.5, 0.6) is 11.5 Å². The van der Waals surface area contributed by atoms with E-state index in [1.165, 1.54) is 51.8 Å². The summed E-state index contributed by atoms with van der Waals surface area (Å²) >= 11 is -2.78. The summed E-state index contributed by atoms with van der Waals surface area (Å²) in [6.07, 6.45) is 11.3. The second-order valence-corrected chi connectivity index (χ2v) is 20.5. The summed E-state index contributed by atoms with van der Waals surface area (Å²) in [6.45, 7) is 7.02. The Kier molecular flexibility index (Phi) is 9.43. The summed E-state index contributed by atoms with van der Waals surface area (Å²) in [7, 11) is 0. The van der Waals surface area contributed by atoms with E-state index in [0.29, 0.717) is 0 Å². The van der Waals surface area contributed by atoms with Gasteiger partial charge in [-0.2, -0.15) is 0 Å². The number of hydrogen-bond donors (Lipinski definition) is 0. The molecule has 0 unspecified atom stereocenters. The van der Waals surface area contributed by atoms with Crippen LogP contribution in [0.15, 0.2) is 26.9 Å².